The number of anilines is 2. The number of hydrogen-bond donors (Lipinski definition) is 0. The topological polar surface area (TPSA) is 95.9 Å². The standard InChI is InChI=1S/C26H27N5O4/c1-2-35-26(34)18-7-9-20(10-8-18)31-17-19(15-24(31)32)25(33)30-13-11-29(12-14-30)23-16-27-21-5-3-4-6-22(21)28-23/h3-10,16,19H,2,11-15,17H2,1H3. The molecule has 2 fully saturated rings. The highest BCUT2D eigenvalue weighted by molar-refractivity contribution is 6.00. The van der Waals surface area contributed by atoms with Gasteiger partial charge >= 0.3 is 5.97 Å². The van der Waals surface area contributed by atoms with E-state index in [2.05, 4.69) is 9.88 Å². The van der Waals surface area contributed by atoms with Gasteiger partial charge in [-0.15, -0.1) is 0 Å². The van der Waals surface area contributed by atoms with Gasteiger partial charge in [0.2, 0.25) is 11.8 Å². The number of ether oxygens (including phenoxy) is 1. The number of carbonyl (C=O) groups excluding carboxylic acids is 3. The fraction of sp³-hybridized carbons (Fsp3) is 0.346. The van der Waals surface area contributed by atoms with Crippen molar-refractivity contribution in [1.29, 1.82) is 0 Å². The molecule has 9 nitrogen and oxygen atoms in total. The molecule has 0 N–H and O–H groups in total. The van der Waals surface area contributed by atoms with E-state index in [-0.39, 0.29) is 24.2 Å². The van der Waals surface area contributed by atoms with Crippen molar-refractivity contribution in [2.24, 2.45) is 5.92 Å². The van der Waals surface area contributed by atoms with Crippen LogP contribution in [0.3, 0.4) is 0 Å². The predicted molar refractivity (Wildman–Crippen MR) is 131 cm³/mol. The maximum atomic E-state index is 13.2. The first-order valence-corrected chi connectivity index (χ1v) is 11.9. The van der Waals surface area contributed by atoms with Gasteiger partial charge in [-0.05, 0) is 43.3 Å². The smallest absolute Gasteiger partial charge is 0.338 e. The van der Waals surface area contributed by atoms with Crippen molar-refractivity contribution in [3.63, 3.8) is 0 Å². The van der Waals surface area contributed by atoms with Gasteiger partial charge in [0.1, 0.15) is 5.82 Å². The molecular weight excluding hydrogens is 446 g/mol. The molecule has 0 spiro atoms. The number of para-hydroxylation sites is 2. The lowest BCUT2D eigenvalue weighted by Gasteiger charge is -2.36. The van der Waals surface area contributed by atoms with E-state index in [1.165, 1.54) is 0 Å². The van der Waals surface area contributed by atoms with E-state index in [0.29, 0.717) is 50.6 Å². The van der Waals surface area contributed by atoms with E-state index >= 15 is 0 Å². The fourth-order valence-electron chi connectivity index (χ4n) is 4.63. The van der Waals surface area contributed by atoms with Crippen LogP contribution in [-0.2, 0) is 14.3 Å². The number of hydrogen-bond acceptors (Lipinski definition) is 7. The number of amides is 2. The Balaban J connectivity index is 1.19. The number of esters is 1. The van der Waals surface area contributed by atoms with Crippen LogP contribution in [0.15, 0.2) is 54.7 Å². The minimum absolute atomic E-state index is 0.00763. The third kappa shape index (κ3) is 4.66. The largest absolute Gasteiger partial charge is 0.462 e. The van der Waals surface area contributed by atoms with Crippen LogP contribution in [0.25, 0.3) is 11.0 Å². The van der Waals surface area contributed by atoms with Crippen molar-refractivity contribution in [3.8, 4) is 0 Å². The number of rotatable bonds is 5. The summed E-state index contributed by atoms with van der Waals surface area (Å²) in [6.45, 7) is 4.88. The van der Waals surface area contributed by atoms with Crippen molar-refractivity contribution in [2.75, 3.05) is 49.1 Å². The predicted octanol–water partition coefficient (Wildman–Crippen LogP) is 2.51. The van der Waals surface area contributed by atoms with Crippen LogP contribution in [0.1, 0.15) is 23.7 Å². The van der Waals surface area contributed by atoms with E-state index in [1.807, 2.05) is 29.2 Å². The van der Waals surface area contributed by atoms with Crippen molar-refractivity contribution >= 4 is 40.3 Å². The fourth-order valence-corrected chi connectivity index (χ4v) is 4.63. The highest BCUT2D eigenvalue weighted by atomic mass is 16.5. The Bertz CT molecular complexity index is 1250. The Morgan fingerprint density at radius 2 is 1.71 bits per heavy atom. The average molecular weight is 474 g/mol. The van der Waals surface area contributed by atoms with E-state index in [0.717, 1.165) is 16.9 Å². The van der Waals surface area contributed by atoms with Crippen LogP contribution in [0.2, 0.25) is 0 Å². The second kappa shape index (κ2) is 9.69. The molecule has 2 aliphatic rings. The van der Waals surface area contributed by atoms with Crippen LogP contribution >= 0.6 is 0 Å². The molecule has 1 unspecified atom stereocenters. The molecule has 2 aliphatic heterocycles. The lowest BCUT2D eigenvalue weighted by molar-refractivity contribution is -0.136. The van der Waals surface area contributed by atoms with E-state index in [9.17, 15) is 14.4 Å². The van der Waals surface area contributed by atoms with Gasteiger partial charge in [-0.3, -0.25) is 14.6 Å². The number of carbonyl (C=O) groups is 3. The van der Waals surface area contributed by atoms with Crippen molar-refractivity contribution in [2.45, 2.75) is 13.3 Å². The normalized spacial score (nSPS) is 18.3. The molecule has 0 bridgehead atoms. The van der Waals surface area contributed by atoms with E-state index in [4.69, 9.17) is 9.72 Å². The van der Waals surface area contributed by atoms with Gasteiger partial charge in [0.05, 0.1) is 35.3 Å². The third-order valence-corrected chi connectivity index (χ3v) is 6.52. The van der Waals surface area contributed by atoms with Crippen molar-refractivity contribution in [1.82, 2.24) is 14.9 Å². The summed E-state index contributed by atoms with van der Waals surface area (Å²) in [6.07, 6.45) is 1.97. The molecule has 180 valence electrons. The van der Waals surface area contributed by atoms with Gasteiger partial charge in [0.15, 0.2) is 0 Å². The zero-order valence-electron chi connectivity index (χ0n) is 19.6. The highest BCUT2D eigenvalue weighted by Crippen LogP contribution is 2.27. The van der Waals surface area contributed by atoms with Crippen LogP contribution in [0.4, 0.5) is 11.5 Å². The number of piperazine rings is 1. The van der Waals surface area contributed by atoms with Gasteiger partial charge < -0.3 is 19.4 Å². The number of benzene rings is 2. The molecule has 2 amide bonds. The van der Waals surface area contributed by atoms with Crippen LogP contribution in [0, 0.1) is 5.92 Å². The number of aromatic nitrogens is 2. The van der Waals surface area contributed by atoms with Crippen LogP contribution in [-0.4, -0.2) is 72.0 Å². The molecular formula is C26H27N5O4. The Labute approximate surface area is 203 Å². The maximum absolute atomic E-state index is 13.2. The summed E-state index contributed by atoms with van der Waals surface area (Å²) in [6, 6.07) is 14.5. The Kier molecular flexibility index (Phi) is 6.31. The molecule has 5 rings (SSSR count). The Morgan fingerprint density at radius 1 is 1.00 bits per heavy atom. The number of fused-ring (bicyclic) bond motifs is 1. The van der Waals surface area contributed by atoms with E-state index < -0.39 is 5.97 Å². The van der Waals surface area contributed by atoms with Gasteiger partial charge in [-0.25, -0.2) is 9.78 Å². The summed E-state index contributed by atoms with van der Waals surface area (Å²) in [5.41, 5.74) is 2.82. The first kappa shape index (κ1) is 22.8. The molecule has 1 aromatic heterocycles. The maximum Gasteiger partial charge on any atom is 0.338 e. The monoisotopic (exact) mass is 473 g/mol. The molecule has 0 radical (unpaired) electrons. The molecule has 35 heavy (non-hydrogen) atoms. The molecule has 3 aromatic rings. The average Bonchev–Trinajstić information content (AvgIpc) is 3.29. The van der Waals surface area contributed by atoms with Gasteiger partial charge in [-0.2, -0.15) is 0 Å². The summed E-state index contributed by atoms with van der Waals surface area (Å²) >= 11 is 0. The lowest BCUT2D eigenvalue weighted by Crippen LogP contribution is -2.51. The molecule has 9 heteroatoms. The lowest BCUT2D eigenvalue weighted by atomic mass is 10.1. The zero-order chi connectivity index (χ0) is 24.4. The summed E-state index contributed by atoms with van der Waals surface area (Å²) in [7, 11) is 0. The van der Waals surface area contributed by atoms with E-state index in [1.54, 1.807) is 42.3 Å². The molecule has 0 saturated carbocycles. The van der Waals surface area contributed by atoms with Crippen molar-refractivity contribution < 1.29 is 19.1 Å². The highest BCUT2D eigenvalue weighted by Gasteiger charge is 2.38. The molecule has 1 atom stereocenters. The third-order valence-electron chi connectivity index (χ3n) is 6.52. The van der Waals surface area contributed by atoms with Gasteiger partial charge in [0, 0.05) is 44.8 Å². The second-order valence-electron chi connectivity index (χ2n) is 8.70. The minimum Gasteiger partial charge on any atom is -0.462 e. The second-order valence-corrected chi connectivity index (χ2v) is 8.70. The van der Waals surface area contributed by atoms with Crippen molar-refractivity contribution in [3.05, 3.63) is 60.3 Å². The van der Waals surface area contributed by atoms with Crippen LogP contribution in [0.5, 0.6) is 0 Å². The van der Waals surface area contributed by atoms with Gasteiger partial charge in [0.25, 0.3) is 0 Å². The molecule has 3 heterocycles. The summed E-state index contributed by atoms with van der Waals surface area (Å²) in [5.74, 6) is -0.0391. The first-order chi connectivity index (χ1) is 17.0. The quantitative estimate of drug-likeness (QED) is 0.526. The zero-order valence-corrected chi connectivity index (χ0v) is 19.6. The Hall–Kier alpha value is -4.01. The van der Waals surface area contributed by atoms with Gasteiger partial charge in [-0.1, -0.05) is 12.1 Å². The minimum atomic E-state index is -0.395. The van der Waals surface area contributed by atoms with Crippen LogP contribution < -0.4 is 9.80 Å². The number of nitrogens with zero attached hydrogens (tertiary/aromatic N) is 5. The Morgan fingerprint density at radius 3 is 2.43 bits per heavy atom. The molecule has 0 aliphatic carbocycles. The SMILES string of the molecule is CCOC(=O)c1ccc(N2CC(C(=O)N3CCN(c4cnc5ccccc5n4)CC3)CC2=O)cc1. The summed E-state index contributed by atoms with van der Waals surface area (Å²) in [5, 5.41) is 0. The first-order valence-electron chi connectivity index (χ1n) is 11.9. The molecule has 2 saturated heterocycles. The summed E-state index contributed by atoms with van der Waals surface area (Å²) < 4.78 is 5.00. The summed E-state index contributed by atoms with van der Waals surface area (Å²) in [4.78, 5) is 52.5. The molecule has 2 aromatic carbocycles.